The van der Waals surface area contributed by atoms with Crippen LogP contribution in [0.25, 0.3) is 0 Å². The largest absolute Gasteiger partial charge is 0.484 e. The molecule has 0 saturated heterocycles. The molecular weight excluding hydrogens is 114 g/mol. The molecule has 0 aliphatic carbocycles. The van der Waals surface area contributed by atoms with Crippen molar-refractivity contribution < 1.29 is 4.74 Å². The zero-order chi connectivity index (χ0) is 6.69. The zero-order valence-corrected chi connectivity index (χ0v) is 5.42. The molecule has 0 N–H and O–H groups in total. The molecule has 0 radical (unpaired) electrons. The first kappa shape index (κ1) is 6.15. The van der Waals surface area contributed by atoms with E-state index >= 15 is 0 Å². The van der Waals surface area contributed by atoms with E-state index in [1.165, 1.54) is 0 Å². The summed E-state index contributed by atoms with van der Waals surface area (Å²) in [6, 6.07) is 0.0694. The quantitative estimate of drug-likeness (QED) is 0.437. The van der Waals surface area contributed by atoms with Crippen LogP contribution in [0.15, 0.2) is 4.99 Å². The number of rotatable bonds is 0. The molecule has 0 bridgehead atoms. The molecule has 1 heterocycles. The molecule has 2 heteroatoms. The number of hydrogen-bond donors (Lipinski definition) is 0. The molecule has 9 heavy (non-hydrogen) atoms. The van der Waals surface area contributed by atoms with Gasteiger partial charge in [0.2, 0.25) is 0 Å². The molecule has 0 aromatic rings. The van der Waals surface area contributed by atoms with Crippen LogP contribution in [0, 0.1) is 12.3 Å². The fourth-order valence-corrected chi connectivity index (χ4v) is 0.838. The molecule has 0 aromatic carbocycles. The summed E-state index contributed by atoms with van der Waals surface area (Å²) >= 11 is 0. The number of aliphatic imine (C=N–C) groups is 1. The minimum atomic E-state index is 0.0694. The highest BCUT2D eigenvalue weighted by molar-refractivity contribution is 5.78. The molecule has 48 valence electrons. The highest BCUT2D eigenvalue weighted by atomic mass is 16.5. The number of ether oxygens (including phenoxy) is 1. The number of terminal acetylenes is 1. The summed E-state index contributed by atoms with van der Waals surface area (Å²) in [6.45, 7) is 0. The van der Waals surface area contributed by atoms with Gasteiger partial charge >= 0.3 is 0 Å². The summed E-state index contributed by atoms with van der Waals surface area (Å²) in [5.74, 6) is 3.35. The molecule has 0 spiro atoms. The van der Waals surface area contributed by atoms with Crippen molar-refractivity contribution >= 4 is 5.90 Å². The van der Waals surface area contributed by atoms with Crippen LogP contribution in [-0.4, -0.2) is 19.0 Å². The smallest absolute Gasteiger partial charge is 0.184 e. The highest BCUT2D eigenvalue weighted by Gasteiger charge is 2.14. The van der Waals surface area contributed by atoms with Gasteiger partial charge in [0.1, 0.15) is 6.04 Å². The van der Waals surface area contributed by atoms with E-state index in [4.69, 9.17) is 11.2 Å². The van der Waals surface area contributed by atoms with E-state index in [0.717, 1.165) is 18.7 Å². The van der Waals surface area contributed by atoms with Crippen LogP contribution in [-0.2, 0) is 4.74 Å². The van der Waals surface area contributed by atoms with E-state index in [-0.39, 0.29) is 6.04 Å². The summed E-state index contributed by atoms with van der Waals surface area (Å²) in [5, 5.41) is 0. The van der Waals surface area contributed by atoms with Crippen LogP contribution < -0.4 is 0 Å². The van der Waals surface area contributed by atoms with Crippen LogP contribution in [0.4, 0.5) is 0 Å². The Kier molecular flexibility index (Phi) is 1.74. The van der Waals surface area contributed by atoms with Crippen molar-refractivity contribution in [3.63, 3.8) is 0 Å². The Bertz CT molecular complexity index is 166. The monoisotopic (exact) mass is 123 g/mol. The molecular formula is C7H9NO. The Labute approximate surface area is 54.9 Å². The van der Waals surface area contributed by atoms with Gasteiger partial charge in [0.25, 0.3) is 0 Å². The fourth-order valence-electron chi connectivity index (χ4n) is 0.838. The molecule has 1 unspecified atom stereocenters. The van der Waals surface area contributed by atoms with Crippen LogP contribution >= 0.6 is 0 Å². The molecule has 1 atom stereocenters. The molecule has 0 fully saturated rings. The first-order valence-corrected chi connectivity index (χ1v) is 2.93. The van der Waals surface area contributed by atoms with Crippen LogP contribution in [0.5, 0.6) is 0 Å². The van der Waals surface area contributed by atoms with Crippen molar-refractivity contribution in [3.05, 3.63) is 0 Å². The average Bonchev–Trinajstić information content (AvgIpc) is 2.34. The second kappa shape index (κ2) is 2.54. The second-order valence-electron chi connectivity index (χ2n) is 1.95. The van der Waals surface area contributed by atoms with Gasteiger partial charge in [-0.1, -0.05) is 5.92 Å². The van der Waals surface area contributed by atoms with Crippen LogP contribution in [0.3, 0.4) is 0 Å². The molecule has 0 aromatic heterocycles. The summed E-state index contributed by atoms with van der Waals surface area (Å²) in [6.07, 6.45) is 6.98. The van der Waals surface area contributed by atoms with Gasteiger partial charge in [0.05, 0.1) is 7.11 Å². The van der Waals surface area contributed by atoms with Gasteiger partial charge in [-0.15, -0.1) is 6.42 Å². The summed E-state index contributed by atoms with van der Waals surface area (Å²) in [5.41, 5.74) is 0. The van der Waals surface area contributed by atoms with Crippen molar-refractivity contribution in [2.24, 2.45) is 4.99 Å². The second-order valence-corrected chi connectivity index (χ2v) is 1.95. The predicted octanol–water partition coefficient (Wildman–Crippen LogP) is 0.827. The van der Waals surface area contributed by atoms with Crippen molar-refractivity contribution in [1.29, 1.82) is 0 Å². The Morgan fingerprint density at radius 3 is 3.00 bits per heavy atom. The van der Waals surface area contributed by atoms with Crippen LogP contribution in [0.2, 0.25) is 0 Å². The van der Waals surface area contributed by atoms with E-state index in [2.05, 4.69) is 10.9 Å². The normalized spacial score (nSPS) is 24.9. The lowest BCUT2D eigenvalue weighted by molar-refractivity contribution is 0.395. The Balaban J connectivity index is 2.52. The van der Waals surface area contributed by atoms with Gasteiger partial charge in [-0.25, -0.2) is 4.99 Å². The number of hydrogen-bond acceptors (Lipinski definition) is 2. The van der Waals surface area contributed by atoms with Gasteiger partial charge in [-0.3, -0.25) is 0 Å². The van der Waals surface area contributed by atoms with E-state index in [0.29, 0.717) is 0 Å². The molecule has 0 amide bonds. The van der Waals surface area contributed by atoms with Crippen molar-refractivity contribution in [2.75, 3.05) is 7.11 Å². The first-order valence-electron chi connectivity index (χ1n) is 2.93. The Morgan fingerprint density at radius 2 is 2.67 bits per heavy atom. The average molecular weight is 123 g/mol. The van der Waals surface area contributed by atoms with Crippen LogP contribution in [0.1, 0.15) is 12.8 Å². The topological polar surface area (TPSA) is 21.6 Å². The third kappa shape index (κ3) is 1.23. The molecule has 0 saturated carbocycles. The van der Waals surface area contributed by atoms with Crippen molar-refractivity contribution in [2.45, 2.75) is 18.9 Å². The summed E-state index contributed by atoms with van der Waals surface area (Å²) in [4.78, 5) is 4.08. The summed E-state index contributed by atoms with van der Waals surface area (Å²) in [7, 11) is 1.62. The van der Waals surface area contributed by atoms with E-state index in [1.54, 1.807) is 7.11 Å². The maximum absolute atomic E-state index is 5.14. The third-order valence-corrected chi connectivity index (χ3v) is 1.36. The minimum absolute atomic E-state index is 0.0694. The Morgan fingerprint density at radius 1 is 1.89 bits per heavy atom. The highest BCUT2D eigenvalue weighted by Crippen LogP contribution is 2.11. The Hall–Kier alpha value is -0.970. The maximum Gasteiger partial charge on any atom is 0.184 e. The third-order valence-electron chi connectivity index (χ3n) is 1.36. The van der Waals surface area contributed by atoms with Crippen molar-refractivity contribution in [3.8, 4) is 12.3 Å². The van der Waals surface area contributed by atoms with E-state index < -0.39 is 0 Å². The maximum atomic E-state index is 5.14. The molecule has 2 nitrogen and oxygen atoms in total. The minimum Gasteiger partial charge on any atom is -0.484 e. The van der Waals surface area contributed by atoms with Gasteiger partial charge < -0.3 is 4.74 Å². The van der Waals surface area contributed by atoms with Gasteiger partial charge in [0, 0.05) is 6.42 Å². The van der Waals surface area contributed by atoms with Crippen molar-refractivity contribution in [1.82, 2.24) is 0 Å². The molecule has 1 aliphatic heterocycles. The first-order chi connectivity index (χ1) is 4.36. The standard InChI is InChI=1S/C7H9NO/c1-3-6-4-5-7(8-6)9-2/h1,6H,4-5H2,2H3. The number of methoxy groups -OCH3 is 1. The zero-order valence-electron chi connectivity index (χ0n) is 5.42. The van der Waals surface area contributed by atoms with E-state index in [9.17, 15) is 0 Å². The SMILES string of the molecule is C#CC1CCC(OC)=N1. The number of nitrogens with zero attached hydrogens (tertiary/aromatic N) is 1. The lowest BCUT2D eigenvalue weighted by atomic mass is 10.2. The van der Waals surface area contributed by atoms with Gasteiger partial charge in [-0.2, -0.15) is 0 Å². The lowest BCUT2D eigenvalue weighted by Gasteiger charge is -1.92. The summed E-state index contributed by atoms with van der Waals surface area (Å²) < 4.78 is 4.90. The fraction of sp³-hybridized carbons (Fsp3) is 0.571. The van der Waals surface area contributed by atoms with E-state index in [1.807, 2.05) is 0 Å². The van der Waals surface area contributed by atoms with Gasteiger partial charge in [0.15, 0.2) is 5.90 Å². The van der Waals surface area contributed by atoms with Gasteiger partial charge in [-0.05, 0) is 6.42 Å². The predicted molar refractivity (Wildman–Crippen MR) is 36.3 cm³/mol. The lowest BCUT2D eigenvalue weighted by Crippen LogP contribution is -1.93. The molecule has 1 rings (SSSR count). The molecule has 1 aliphatic rings.